The number of benzene rings is 2. The normalized spacial score (nSPS) is 31.0. The number of rotatable bonds is 2. The molecule has 2 aromatic rings. The Bertz CT molecular complexity index is 743. The molecule has 4 heteroatoms. The molecule has 3 nitrogen and oxygen atoms in total. The fourth-order valence-corrected chi connectivity index (χ4v) is 5.01. The minimum atomic E-state index is -0.0227. The van der Waals surface area contributed by atoms with E-state index in [1.54, 1.807) is 0 Å². The predicted octanol–water partition coefficient (Wildman–Crippen LogP) is 4.44. The Hall–Kier alpha value is -1.52. The van der Waals surface area contributed by atoms with Crippen molar-refractivity contribution in [3.63, 3.8) is 0 Å². The standard InChI is InChI=1S/C20H21BrN2O/c21-16-7-4-8-17-19(16)24-20(15-5-2-1-3-6-15)23(17)18-13-22-11-9-14(18)10-12-22/h1-8,14,18,20H,9-13H2. The number of hydrogen-bond donors (Lipinski definition) is 0. The average Bonchev–Trinajstić information content (AvgIpc) is 3.04. The SMILES string of the molecule is Brc1cccc2c1OC(c1ccccc1)N2C1CN2CCC1CC2. The molecule has 2 bridgehead atoms. The number of anilines is 1. The summed E-state index contributed by atoms with van der Waals surface area (Å²) in [6.45, 7) is 3.68. The van der Waals surface area contributed by atoms with Gasteiger partial charge in [-0.15, -0.1) is 0 Å². The molecule has 4 aliphatic rings. The lowest BCUT2D eigenvalue weighted by molar-refractivity contribution is 0.0699. The van der Waals surface area contributed by atoms with Crippen molar-refractivity contribution in [1.29, 1.82) is 0 Å². The highest BCUT2D eigenvalue weighted by Crippen LogP contribution is 2.50. The number of fused-ring (bicyclic) bond motifs is 4. The average molecular weight is 385 g/mol. The first-order valence-corrected chi connectivity index (χ1v) is 9.61. The van der Waals surface area contributed by atoms with Crippen LogP contribution in [-0.2, 0) is 0 Å². The maximum atomic E-state index is 6.46. The van der Waals surface area contributed by atoms with Gasteiger partial charge in [0.05, 0.1) is 10.2 Å². The molecular weight excluding hydrogens is 364 g/mol. The zero-order valence-electron chi connectivity index (χ0n) is 13.6. The van der Waals surface area contributed by atoms with Crippen molar-refractivity contribution in [1.82, 2.24) is 4.90 Å². The molecule has 2 atom stereocenters. The van der Waals surface area contributed by atoms with E-state index >= 15 is 0 Å². The summed E-state index contributed by atoms with van der Waals surface area (Å²) >= 11 is 3.68. The molecular formula is C20H21BrN2O. The highest BCUT2D eigenvalue weighted by Gasteiger charge is 2.44. The number of ether oxygens (including phenoxy) is 1. The largest absolute Gasteiger partial charge is 0.463 e. The van der Waals surface area contributed by atoms with Gasteiger partial charge in [0.25, 0.3) is 0 Å². The second-order valence-electron chi connectivity index (χ2n) is 7.08. The van der Waals surface area contributed by atoms with Crippen LogP contribution in [0, 0.1) is 5.92 Å². The van der Waals surface area contributed by atoms with Gasteiger partial charge in [-0.3, -0.25) is 0 Å². The van der Waals surface area contributed by atoms with Gasteiger partial charge < -0.3 is 14.5 Å². The van der Waals surface area contributed by atoms with E-state index < -0.39 is 0 Å². The maximum Gasteiger partial charge on any atom is 0.199 e. The van der Waals surface area contributed by atoms with Gasteiger partial charge in [0.1, 0.15) is 0 Å². The molecule has 6 rings (SSSR count). The number of halogens is 1. The monoisotopic (exact) mass is 384 g/mol. The number of piperidine rings is 3. The van der Waals surface area contributed by atoms with Crippen LogP contribution in [0.15, 0.2) is 53.0 Å². The molecule has 0 radical (unpaired) electrons. The van der Waals surface area contributed by atoms with Crippen molar-refractivity contribution in [2.24, 2.45) is 5.92 Å². The third kappa shape index (κ3) is 2.27. The first-order chi connectivity index (χ1) is 11.8. The van der Waals surface area contributed by atoms with E-state index in [1.807, 2.05) is 0 Å². The molecule has 0 amide bonds. The molecule has 0 spiro atoms. The molecule has 4 aliphatic heterocycles. The predicted molar refractivity (Wildman–Crippen MR) is 99.4 cm³/mol. The van der Waals surface area contributed by atoms with Crippen molar-refractivity contribution in [2.45, 2.75) is 25.1 Å². The fraction of sp³-hybridized carbons (Fsp3) is 0.400. The van der Waals surface area contributed by atoms with Crippen LogP contribution in [0.5, 0.6) is 5.75 Å². The molecule has 3 fully saturated rings. The lowest BCUT2D eigenvalue weighted by Crippen LogP contribution is -2.57. The highest BCUT2D eigenvalue weighted by molar-refractivity contribution is 9.10. The molecule has 124 valence electrons. The summed E-state index contributed by atoms with van der Waals surface area (Å²) in [5.74, 6) is 1.76. The van der Waals surface area contributed by atoms with Gasteiger partial charge in [0, 0.05) is 18.2 Å². The van der Waals surface area contributed by atoms with Crippen LogP contribution >= 0.6 is 15.9 Å². The van der Waals surface area contributed by atoms with Crippen LogP contribution < -0.4 is 9.64 Å². The second kappa shape index (κ2) is 5.78. The molecule has 0 aromatic heterocycles. The van der Waals surface area contributed by atoms with Crippen LogP contribution in [0.1, 0.15) is 24.6 Å². The maximum absolute atomic E-state index is 6.46. The van der Waals surface area contributed by atoms with Crippen LogP contribution in [0.3, 0.4) is 0 Å². The molecule has 0 aliphatic carbocycles. The van der Waals surface area contributed by atoms with Crippen LogP contribution in [0.25, 0.3) is 0 Å². The Balaban J connectivity index is 1.59. The minimum absolute atomic E-state index is 0.0227. The van der Waals surface area contributed by atoms with Crippen molar-refractivity contribution in [2.75, 3.05) is 24.5 Å². The lowest BCUT2D eigenvalue weighted by Gasteiger charge is -2.49. The van der Waals surface area contributed by atoms with Crippen molar-refractivity contribution in [3.05, 3.63) is 58.6 Å². The number of hydrogen-bond acceptors (Lipinski definition) is 3. The minimum Gasteiger partial charge on any atom is -0.463 e. The van der Waals surface area contributed by atoms with Crippen LogP contribution in [0.4, 0.5) is 5.69 Å². The molecule has 2 aromatic carbocycles. The van der Waals surface area contributed by atoms with Crippen molar-refractivity contribution >= 4 is 21.6 Å². The smallest absolute Gasteiger partial charge is 0.199 e. The molecule has 24 heavy (non-hydrogen) atoms. The van der Waals surface area contributed by atoms with Crippen LogP contribution in [0.2, 0.25) is 0 Å². The fourth-order valence-electron chi connectivity index (χ4n) is 4.56. The lowest BCUT2D eigenvalue weighted by atomic mass is 9.82. The van der Waals surface area contributed by atoms with Crippen molar-refractivity contribution in [3.8, 4) is 5.75 Å². The Morgan fingerprint density at radius 3 is 2.46 bits per heavy atom. The van der Waals surface area contributed by atoms with Gasteiger partial charge in [-0.2, -0.15) is 0 Å². The number of nitrogens with zero attached hydrogens (tertiary/aromatic N) is 2. The van der Waals surface area contributed by atoms with E-state index in [0.717, 1.165) is 22.7 Å². The molecule has 0 N–H and O–H groups in total. The molecule has 0 saturated carbocycles. The Morgan fingerprint density at radius 1 is 0.958 bits per heavy atom. The zero-order valence-corrected chi connectivity index (χ0v) is 15.2. The summed E-state index contributed by atoms with van der Waals surface area (Å²) in [6.07, 6.45) is 2.60. The summed E-state index contributed by atoms with van der Waals surface area (Å²) in [6, 6.07) is 17.6. The van der Waals surface area contributed by atoms with E-state index in [-0.39, 0.29) is 6.23 Å². The van der Waals surface area contributed by atoms with E-state index in [2.05, 4.69) is 74.3 Å². The summed E-state index contributed by atoms with van der Waals surface area (Å²) in [5, 5.41) is 0. The third-order valence-corrected chi connectivity index (χ3v) is 6.39. The molecule has 3 saturated heterocycles. The Kier molecular flexibility index (Phi) is 3.56. The van der Waals surface area contributed by atoms with Gasteiger partial charge in [0.2, 0.25) is 0 Å². The summed E-state index contributed by atoms with van der Waals surface area (Å²) < 4.78 is 7.50. The topological polar surface area (TPSA) is 15.7 Å². The van der Waals surface area contributed by atoms with Gasteiger partial charge in [-0.05, 0) is 59.9 Å². The van der Waals surface area contributed by atoms with E-state index in [9.17, 15) is 0 Å². The number of para-hydroxylation sites is 1. The van der Waals surface area contributed by atoms with Gasteiger partial charge in [-0.25, -0.2) is 0 Å². The van der Waals surface area contributed by atoms with E-state index in [0.29, 0.717) is 6.04 Å². The summed E-state index contributed by atoms with van der Waals surface area (Å²) in [4.78, 5) is 5.16. The van der Waals surface area contributed by atoms with Gasteiger partial charge in [-0.1, -0.05) is 36.4 Å². The molecule has 2 unspecified atom stereocenters. The van der Waals surface area contributed by atoms with Crippen LogP contribution in [-0.4, -0.2) is 30.6 Å². The summed E-state index contributed by atoms with van der Waals surface area (Å²) in [7, 11) is 0. The quantitative estimate of drug-likeness (QED) is 0.760. The molecule has 4 heterocycles. The first-order valence-electron chi connectivity index (χ1n) is 8.82. The Morgan fingerprint density at radius 2 is 1.75 bits per heavy atom. The Labute approximate surface area is 151 Å². The second-order valence-corrected chi connectivity index (χ2v) is 7.94. The third-order valence-electron chi connectivity index (χ3n) is 5.77. The van der Waals surface area contributed by atoms with E-state index in [4.69, 9.17) is 4.74 Å². The highest BCUT2D eigenvalue weighted by atomic mass is 79.9. The van der Waals surface area contributed by atoms with E-state index in [1.165, 1.54) is 37.2 Å². The summed E-state index contributed by atoms with van der Waals surface area (Å²) in [5.41, 5.74) is 2.47. The zero-order chi connectivity index (χ0) is 16.1. The first kappa shape index (κ1) is 14.8. The van der Waals surface area contributed by atoms with Gasteiger partial charge in [0.15, 0.2) is 12.0 Å². The van der Waals surface area contributed by atoms with Crippen molar-refractivity contribution < 1.29 is 4.74 Å². The van der Waals surface area contributed by atoms with Gasteiger partial charge >= 0.3 is 0 Å².